The molecule has 33 heavy (non-hydrogen) atoms. The van der Waals surface area contributed by atoms with Gasteiger partial charge < -0.3 is 4.74 Å². The maximum Gasteiger partial charge on any atom is 0.259 e. The van der Waals surface area contributed by atoms with E-state index in [1.165, 1.54) is 16.9 Å². The number of ether oxygens (including phenoxy) is 1. The van der Waals surface area contributed by atoms with Crippen molar-refractivity contribution in [2.45, 2.75) is 6.42 Å². The smallest absolute Gasteiger partial charge is 0.259 e. The second-order valence-corrected chi connectivity index (χ2v) is 9.75. The highest BCUT2D eigenvalue weighted by Crippen LogP contribution is 2.65. The van der Waals surface area contributed by atoms with Gasteiger partial charge in [-0.05, 0) is 66.5 Å². The van der Waals surface area contributed by atoms with E-state index in [-0.39, 0.29) is 48.1 Å². The number of hydrogen-bond acceptors (Lipinski definition) is 4. The van der Waals surface area contributed by atoms with Crippen molar-refractivity contribution in [2.75, 3.05) is 18.7 Å². The molecule has 7 heteroatoms. The summed E-state index contributed by atoms with van der Waals surface area (Å²) >= 11 is 6.01. The molecule has 2 bridgehead atoms. The molecular weight excluding hydrogens is 440 g/mol. The lowest BCUT2D eigenvalue weighted by Crippen LogP contribution is -2.45. The Balaban J connectivity index is 1.36. The lowest BCUT2D eigenvalue weighted by molar-refractivity contribution is -0.140. The van der Waals surface area contributed by atoms with Crippen LogP contribution in [-0.4, -0.2) is 36.4 Å². The third kappa shape index (κ3) is 3.04. The molecule has 2 saturated carbocycles. The van der Waals surface area contributed by atoms with Crippen LogP contribution in [0.15, 0.2) is 60.7 Å². The molecule has 3 fully saturated rings. The van der Waals surface area contributed by atoms with E-state index in [9.17, 15) is 14.4 Å². The first-order chi connectivity index (χ1) is 16.0. The van der Waals surface area contributed by atoms with Crippen molar-refractivity contribution in [3.05, 3.63) is 71.3 Å². The van der Waals surface area contributed by atoms with Crippen molar-refractivity contribution in [1.82, 2.24) is 4.90 Å². The van der Waals surface area contributed by atoms with Gasteiger partial charge in [0.25, 0.3) is 5.91 Å². The van der Waals surface area contributed by atoms with Crippen LogP contribution < -0.4 is 9.64 Å². The molecule has 6 atom stereocenters. The molecule has 2 aromatic rings. The van der Waals surface area contributed by atoms with Gasteiger partial charge in [-0.2, -0.15) is 0 Å². The number of methoxy groups -OCH3 is 1. The first-order valence-electron chi connectivity index (χ1n) is 11.2. The minimum Gasteiger partial charge on any atom is -0.495 e. The Kier molecular flexibility index (Phi) is 4.63. The molecule has 1 heterocycles. The quantitative estimate of drug-likeness (QED) is 0.497. The lowest BCUT2D eigenvalue weighted by Gasteiger charge is -2.37. The minimum atomic E-state index is -0.337. The molecule has 0 N–H and O–H groups in total. The van der Waals surface area contributed by atoms with Crippen LogP contribution in [0.3, 0.4) is 0 Å². The van der Waals surface area contributed by atoms with Crippen molar-refractivity contribution >= 4 is 35.0 Å². The predicted molar refractivity (Wildman–Crippen MR) is 123 cm³/mol. The number of anilines is 1. The van der Waals surface area contributed by atoms with Gasteiger partial charge in [0.15, 0.2) is 0 Å². The van der Waals surface area contributed by atoms with Crippen LogP contribution in [0, 0.1) is 35.5 Å². The third-order valence-electron chi connectivity index (χ3n) is 7.75. The van der Waals surface area contributed by atoms with Crippen LogP contribution in [0.2, 0.25) is 5.02 Å². The normalized spacial score (nSPS) is 30.8. The number of benzene rings is 2. The molecule has 7 rings (SSSR count). The van der Waals surface area contributed by atoms with Gasteiger partial charge >= 0.3 is 0 Å². The summed E-state index contributed by atoms with van der Waals surface area (Å²) in [5.41, 5.74) is 0.907. The van der Waals surface area contributed by atoms with Crippen LogP contribution in [0.5, 0.6) is 5.75 Å². The maximum atomic E-state index is 13.6. The maximum absolute atomic E-state index is 13.6. The molecule has 3 amide bonds. The number of nitrogens with zero attached hydrogens (tertiary/aromatic N) is 2. The summed E-state index contributed by atoms with van der Waals surface area (Å²) in [6.45, 7) is -0.152. The molecule has 1 aliphatic heterocycles. The first kappa shape index (κ1) is 20.5. The molecular formula is C26H23ClN2O4. The van der Waals surface area contributed by atoms with Crippen molar-refractivity contribution in [3.63, 3.8) is 0 Å². The highest BCUT2D eigenvalue weighted by Gasteiger charge is 2.67. The topological polar surface area (TPSA) is 66.9 Å². The summed E-state index contributed by atoms with van der Waals surface area (Å²) in [5.74, 6) is 0.531. The molecule has 4 aliphatic carbocycles. The molecule has 0 aromatic heterocycles. The number of carbonyl (C=O) groups is 3. The molecule has 2 aromatic carbocycles. The van der Waals surface area contributed by atoms with Crippen molar-refractivity contribution < 1.29 is 19.1 Å². The molecule has 1 saturated heterocycles. The summed E-state index contributed by atoms with van der Waals surface area (Å²) in [6.07, 6.45) is 5.40. The average Bonchev–Trinajstić information content (AvgIpc) is 3.62. The Morgan fingerprint density at radius 2 is 1.61 bits per heavy atom. The molecule has 0 unspecified atom stereocenters. The Morgan fingerprint density at radius 3 is 2.21 bits per heavy atom. The Morgan fingerprint density at radius 1 is 1.00 bits per heavy atom. The van der Waals surface area contributed by atoms with E-state index in [1.807, 2.05) is 6.07 Å². The number of rotatable bonds is 5. The van der Waals surface area contributed by atoms with E-state index in [1.54, 1.807) is 42.5 Å². The van der Waals surface area contributed by atoms with Crippen molar-refractivity contribution in [2.24, 2.45) is 35.5 Å². The number of hydrogen-bond donors (Lipinski definition) is 0. The van der Waals surface area contributed by atoms with E-state index in [4.69, 9.17) is 16.3 Å². The van der Waals surface area contributed by atoms with Crippen LogP contribution in [-0.2, 0) is 9.59 Å². The number of halogens is 1. The first-order valence-corrected chi connectivity index (χ1v) is 11.6. The van der Waals surface area contributed by atoms with Gasteiger partial charge in [0.1, 0.15) is 12.4 Å². The fraction of sp³-hybridized carbons (Fsp3) is 0.346. The monoisotopic (exact) mass is 462 g/mol. The van der Waals surface area contributed by atoms with Crippen molar-refractivity contribution in [3.8, 4) is 5.75 Å². The molecule has 168 valence electrons. The van der Waals surface area contributed by atoms with Gasteiger partial charge in [0, 0.05) is 10.6 Å². The fourth-order valence-electron chi connectivity index (χ4n) is 6.15. The number of amides is 3. The van der Waals surface area contributed by atoms with E-state index < -0.39 is 0 Å². The Hall–Kier alpha value is -3.12. The fourth-order valence-corrected chi connectivity index (χ4v) is 6.28. The van der Waals surface area contributed by atoms with Gasteiger partial charge in [0.05, 0.1) is 24.6 Å². The molecule has 6 nitrogen and oxygen atoms in total. The van der Waals surface area contributed by atoms with Crippen molar-refractivity contribution in [1.29, 1.82) is 0 Å². The zero-order chi connectivity index (χ0) is 22.9. The van der Waals surface area contributed by atoms with E-state index >= 15 is 0 Å². The summed E-state index contributed by atoms with van der Waals surface area (Å²) in [4.78, 5) is 43.4. The van der Waals surface area contributed by atoms with Gasteiger partial charge in [-0.3, -0.25) is 24.2 Å². The van der Waals surface area contributed by atoms with E-state index in [0.717, 1.165) is 6.42 Å². The minimum absolute atomic E-state index is 0.137. The number of likely N-dealkylation sites (tertiary alicyclic amines) is 1. The molecule has 0 radical (unpaired) electrons. The van der Waals surface area contributed by atoms with Crippen LogP contribution in [0.4, 0.5) is 5.69 Å². The van der Waals surface area contributed by atoms with E-state index in [0.29, 0.717) is 33.9 Å². The zero-order valence-electron chi connectivity index (χ0n) is 18.1. The zero-order valence-corrected chi connectivity index (χ0v) is 18.8. The Bertz CT molecular complexity index is 1160. The number of para-hydroxylation sites is 2. The Labute approximate surface area is 196 Å². The highest BCUT2D eigenvalue weighted by atomic mass is 35.5. The second kappa shape index (κ2) is 7.45. The lowest BCUT2D eigenvalue weighted by atomic mass is 9.63. The third-order valence-corrected chi connectivity index (χ3v) is 8.00. The number of imide groups is 1. The van der Waals surface area contributed by atoms with Gasteiger partial charge in [-0.15, -0.1) is 0 Å². The standard InChI is InChI=1S/C26H23ClN2O4/c1-33-21-5-3-2-4-20(21)28(24(30)14-6-8-15(27)9-7-14)13-29-25(31)22-16-10-11-17(19-12-18(16)19)23(22)26(29)32/h2-11,16-19,22-23H,12-13H2,1H3/t16-,17-,18-,19+,22-,23+/m1/s1. The van der Waals surface area contributed by atoms with Gasteiger partial charge in [-0.1, -0.05) is 35.9 Å². The summed E-state index contributed by atoms with van der Waals surface area (Å²) < 4.78 is 5.49. The van der Waals surface area contributed by atoms with Crippen LogP contribution >= 0.6 is 11.6 Å². The number of carbonyl (C=O) groups excluding carboxylic acids is 3. The average molecular weight is 463 g/mol. The van der Waals surface area contributed by atoms with Crippen LogP contribution in [0.1, 0.15) is 16.8 Å². The molecule has 5 aliphatic rings. The molecule has 0 spiro atoms. The van der Waals surface area contributed by atoms with Gasteiger partial charge in [-0.25, -0.2) is 0 Å². The SMILES string of the molecule is COc1ccccc1N(CN1C(=O)[C@@H]2[C@@H]3C=C[C@H]([C@@H]4C[C@H]34)[C@@H]2C1=O)C(=O)c1ccc(Cl)cc1. The predicted octanol–water partition coefficient (Wildman–Crippen LogP) is 4.01. The van der Waals surface area contributed by atoms with E-state index in [2.05, 4.69) is 12.2 Å². The van der Waals surface area contributed by atoms with Gasteiger partial charge in [0.2, 0.25) is 11.8 Å². The number of allylic oxidation sites excluding steroid dienone is 2. The highest BCUT2D eigenvalue weighted by molar-refractivity contribution is 6.30. The summed E-state index contributed by atoms with van der Waals surface area (Å²) in [6, 6.07) is 13.7. The largest absolute Gasteiger partial charge is 0.495 e. The van der Waals surface area contributed by atoms with Crippen LogP contribution in [0.25, 0.3) is 0 Å². The summed E-state index contributed by atoms with van der Waals surface area (Å²) in [7, 11) is 1.53. The second-order valence-electron chi connectivity index (χ2n) is 9.31. The summed E-state index contributed by atoms with van der Waals surface area (Å²) in [5, 5.41) is 0.519.